The quantitative estimate of drug-likeness (QED) is 0.577. The standard InChI is InChI=1S/C21H35FN6/c1-4-23-21(25-14-17(3)27-11-7-16(2)8-12-27)26-18-9-13-28(15-18)20-19(22)6-5-10-24-20/h5-6,10,16-18H,4,7-9,11-15H2,1-3H3,(H2,23,25,26). The summed E-state index contributed by atoms with van der Waals surface area (Å²) in [5, 5.41) is 6.88. The van der Waals surface area contributed by atoms with Gasteiger partial charge in [0.25, 0.3) is 0 Å². The van der Waals surface area contributed by atoms with Crippen LogP contribution >= 0.6 is 0 Å². The number of aliphatic imine (C=N–C) groups is 1. The molecule has 0 saturated carbocycles. The second-order valence-electron chi connectivity index (χ2n) is 8.17. The van der Waals surface area contributed by atoms with Crippen LogP contribution in [0.3, 0.4) is 0 Å². The van der Waals surface area contributed by atoms with Crippen molar-refractivity contribution in [2.45, 2.75) is 52.1 Å². The summed E-state index contributed by atoms with van der Waals surface area (Å²) in [5.41, 5.74) is 0. The SMILES string of the molecule is CCNC(=NCC(C)N1CCC(C)CC1)NC1CCN(c2ncccc2F)C1. The van der Waals surface area contributed by atoms with E-state index >= 15 is 0 Å². The largest absolute Gasteiger partial charge is 0.357 e. The van der Waals surface area contributed by atoms with Gasteiger partial charge in [0.1, 0.15) is 0 Å². The highest BCUT2D eigenvalue weighted by molar-refractivity contribution is 5.80. The van der Waals surface area contributed by atoms with Crippen LogP contribution in [0.5, 0.6) is 0 Å². The number of halogens is 1. The molecule has 0 aliphatic carbocycles. The maximum atomic E-state index is 14.0. The zero-order valence-electron chi connectivity index (χ0n) is 17.5. The molecule has 1 aromatic rings. The molecule has 2 saturated heterocycles. The molecule has 156 valence electrons. The van der Waals surface area contributed by atoms with Crippen LogP contribution in [-0.4, -0.2) is 67.2 Å². The fourth-order valence-electron chi connectivity index (χ4n) is 4.00. The second-order valence-corrected chi connectivity index (χ2v) is 8.17. The van der Waals surface area contributed by atoms with Crippen LogP contribution in [0.4, 0.5) is 10.2 Å². The van der Waals surface area contributed by atoms with Crippen molar-refractivity contribution in [1.29, 1.82) is 0 Å². The van der Waals surface area contributed by atoms with Gasteiger partial charge in [0.05, 0.1) is 6.54 Å². The van der Waals surface area contributed by atoms with Gasteiger partial charge in [-0.1, -0.05) is 6.92 Å². The van der Waals surface area contributed by atoms with Gasteiger partial charge in [-0.2, -0.15) is 0 Å². The summed E-state index contributed by atoms with van der Waals surface area (Å²) in [4.78, 5) is 13.6. The first-order chi connectivity index (χ1) is 13.6. The van der Waals surface area contributed by atoms with Gasteiger partial charge in [0.15, 0.2) is 17.6 Å². The Morgan fingerprint density at radius 1 is 1.32 bits per heavy atom. The summed E-state index contributed by atoms with van der Waals surface area (Å²) < 4.78 is 14.0. The predicted octanol–water partition coefficient (Wildman–Crippen LogP) is 2.47. The van der Waals surface area contributed by atoms with E-state index < -0.39 is 0 Å². The third kappa shape index (κ3) is 5.56. The van der Waals surface area contributed by atoms with Crippen molar-refractivity contribution in [3.05, 3.63) is 24.1 Å². The molecule has 6 nitrogen and oxygen atoms in total. The van der Waals surface area contributed by atoms with Crippen molar-refractivity contribution in [2.75, 3.05) is 44.2 Å². The molecule has 28 heavy (non-hydrogen) atoms. The highest BCUT2D eigenvalue weighted by Gasteiger charge is 2.26. The summed E-state index contributed by atoms with van der Waals surface area (Å²) >= 11 is 0. The third-order valence-electron chi connectivity index (χ3n) is 5.87. The van der Waals surface area contributed by atoms with Gasteiger partial charge in [-0.15, -0.1) is 0 Å². The van der Waals surface area contributed by atoms with Gasteiger partial charge in [0.2, 0.25) is 0 Å². The highest BCUT2D eigenvalue weighted by Crippen LogP contribution is 2.21. The summed E-state index contributed by atoms with van der Waals surface area (Å²) in [7, 11) is 0. The molecule has 3 heterocycles. The molecule has 2 atom stereocenters. The molecule has 0 amide bonds. The van der Waals surface area contributed by atoms with E-state index in [9.17, 15) is 4.39 Å². The second kappa shape index (κ2) is 10.0. The van der Waals surface area contributed by atoms with Crippen molar-refractivity contribution in [3.8, 4) is 0 Å². The van der Waals surface area contributed by atoms with Gasteiger partial charge in [-0.25, -0.2) is 9.37 Å². The Labute approximate surface area is 168 Å². The number of likely N-dealkylation sites (tertiary alicyclic amines) is 1. The molecule has 0 radical (unpaired) electrons. The monoisotopic (exact) mass is 390 g/mol. The topological polar surface area (TPSA) is 55.8 Å². The number of nitrogens with zero attached hydrogens (tertiary/aromatic N) is 4. The van der Waals surface area contributed by atoms with Crippen LogP contribution < -0.4 is 15.5 Å². The number of rotatable bonds is 6. The van der Waals surface area contributed by atoms with Crippen molar-refractivity contribution >= 4 is 11.8 Å². The van der Waals surface area contributed by atoms with E-state index in [0.29, 0.717) is 11.9 Å². The van der Waals surface area contributed by atoms with Crippen LogP contribution in [-0.2, 0) is 0 Å². The fraction of sp³-hybridized carbons (Fsp3) is 0.714. The number of hydrogen-bond acceptors (Lipinski definition) is 4. The van der Waals surface area contributed by atoms with Crippen molar-refractivity contribution in [1.82, 2.24) is 20.5 Å². The van der Waals surface area contributed by atoms with E-state index in [4.69, 9.17) is 4.99 Å². The summed E-state index contributed by atoms with van der Waals surface area (Å²) in [6.45, 7) is 12.2. The van der Waals surface area contributed by atoms with E-state index in [0.717, 1.165) is 44.5 Å². The van der Waals surface area contributed by atoms with Gasteiger partial charge in [-0.3, -0.25) is 9.89 Å². The normalized spacial score (nSPS) is 23.1. The lowest BCUT2D eigenvalue weighted by atomic mass is 9.98. The zero-order chi connectivity index (χ0) is 19.9. The summed E-state index contributed by atoms with van der Waals surface area (Å²) in [6, 6.07) is 3.79. The van der Waals surface area contributed by atoms with Crippen molar-refractivity contribution in [2.24, 2.45) is 10.9 Å². The minimum absolute atomic E-state index is 0.241. The third-order valence-corrected chi connectivity index (χ3v) is 5.87. The molecule has 0 spiro atoms. The molecular formula is C21H35FN6. The molecule has 2 fully saturated rings. The molecule has 2 aliphatic heterocycles. The van der Waals surface area contributed by atoms with Crippen LogP contribution in [0.2, 0.25) is 0 Å². The molecule has 0 bridgehead atoms. The number of guanidine groups is 1. The van der Waals surface area contributed by atoms with Crippen LogP contribution in [0.15, 0.2) is 23.3 Å². The first-order valence-electron chi connectivity index (χ1n) is 10.7. The molecule has 2 N–H and O–H groups in total. The van der Waals surface area contributed by atoms with Crippen LogP contribution in [0, 0.1) is 11.7 Å². The maximum Gasteiger partial charge on any atom is 0.191 e. The Morgan fingerprint density at radius 2 is 2.11 bits per heavy atom. The molecular weight excluding hydrogens is 355 g/mol. The fourth-order valence-corrected chi connectivity index (χ4v) is 4.00. The minimum atomic E-state index is -0.256. The number of hydrogen-bond donors (Lipinski definition) is 2. The van der Waals surface area contributed by atoms with Gasteiger partial charge in [-0.05, 0) is 64.3 Å². The van der Waals surface area contributed by atoms with Gasteiger partial charge >= 0.3 is 0 Å². The summed E-state index contributed by atoms with van der Waals surface area (Å²) in [6.07, 6.45) is 5.16. The lowest BCUT2D eigenvalue weighted by Gasteiger charge is -2.34. The summed E-state index contributed by atoms with van der Waals surface area (Å²) in [5.74, 6) is 1.89. The smallest absolute Gasteiger partial charge is 0.191 e. The number of aromatic nitrogens is 1. The Morgan fingerprint density at radius 3 is 2.82 bits per heavy atom. The van der Waals surface area contributed by atoms with E-state index in [1.807, 2.05) is 4.90 Å². The number of anilines is 1. The van der Waals surface area contributed by atoms with Gasteiger partial charge in [0, 0.05) is 37.9 Å². The van der Waals surface area contributed by atoms with E-state index in [-0.39, 0.29) is 11.9 Å². The molecule has 0 aromatic carbocycles. The molecule has 2 unspecified atom stereocenters. The Bertz CT molecular complexity index is 644. The zero-order valence-corrected chi connectivity index (χ0v) is 17.5. The molecule has 3 rings (SSSR count). The molecule has 2 aliphatic rings. The van der Waals surface area contributed by atoms with Crippen LogP contribution in [0.1, 0.15) is 40.0 Å². The molecule has 1 aromatic heterocycles. The highest BCUT2D eigenvalue weighted by atomic mass is 19.1. The Hall–Kier alpha value is -1.89. The number of piperidine rings is 1. The van der Waals surface area contributed by atoms with E-state index in [1.54, 1.807) is 12.3 Å². The average Bonchev–Trinajstić information content (AvgIpc) is 3.15. The lowest BCUT2D eigenvalue weighted by molar-refractivity contribution is 0.150. The van der Waals surface area contributed by atoms with E-state index in [1.165, 1.54) is 32.0 Å². The predicted molar refractivity (Wildman–Crippen MR) is 113 cm³/mol. The lowest BCUT2D eigenvalue weighted by Crippen LogP contribution is -2.46. The minimum Gasteiger partial charge on any atom is -0.357 e. The Balaban J connectivity index is 1.53. The van der Waals surface area contributed by atoms with E-state index in [2.05, 4.69) is 41.3 Å². The first kappa shape index (κ1) is 20.8. The Kier molecular flexibility index (Phi) is 7.48. The first-order valence-corrected chi connectivity index (χ1v) is 10.7. The molecule has 7 heteroatoms. The van der Waals surface area contributed by atoms with Crippen molar-refractivity contribution < 1.29 is 4.39 Å². The maximum absolute atomic E-state index is 14.0. The van der Waals surface area contributed by atoms with Crippen molar-refractivity contribution in [3.63, 3.8) is 0 Å². The number of pyridine rings is 1. The van der Waals surface area contributed by atoms with Gasteiger partial charge < -0.3 is 15.5 Å². The average molecular weight is 391 g/mol. The van der Waals surface area contributed by atoms with Crippen LogP contribution in [0.25, 0.3) is 0 Å². The number of nitrogens with one attached hydrogen (secondary N) is 2.